The molecule has 2 heterocycles. The molecule has 0 unspecified atom stereocenters. The number of rotatable bonds is 4. The zero-order valence-corrected chi connectivity index (χ0v) is 11.6. The van der Waals surface area contributed by atoms with E-state index in [1.165, 1.54) is 12.1 Å². The molecule has 2 N–H and O–H groups in total. The van der Waals surface area contributed by atoms with Gasteiger partial charge in [-0.25, -0.2) is 4.39 Å². The Kier molecular flexibility index (Phi) is 3.91. The topological polar surface area (TPSA) is 70.7 Å². The van der Waals surface area contributed by atoms with E-state index in [9.17, 15) is 9.18 Å². The molecular weight excluding hydrogens is 283 g/mol. The lowest BCUT2D eigenvalue weighted by Gasteiger charge is -2.02. The van der Waals surface area contributed by atoms with Gasteiger partial charge in [-0.1, -0.05) is 0 Å². The number of hydrogen-bond acceptors (Lipinski definition) is 3. The number of H-pyrrole nitrogens is 1. The summed E-state index contributed by atoms with van der Waals surface area (Å²) in [5.41, 5.74) is 2.65. The van der Waals surface area contributed by atoms with Crippen LogP contribution in [0.5, 0.6) is 0 Å². The highest BCUT2D eigenvalue weighted by molar-refractivity contribution is 5.93. The summed E-state index contributed by atoms with van der Waals surface area (Å²) in [5, 5.41) is 9.55. The third-order valence-electron chi connectivity index (χ3n) is 3.16. The van der Waals surface area contributed by atoms with Crippen LogP contribution in [-0.2, 0) is 6.54 Å². The Balaban J connectivity index is 1.68. The first kappa shape index (κ1) is 13.9. The first-order valence-corrected chi connectivity index (χ1v) is 6.71. The van der Waals surface area contributed by atoms with Gasteiger partial charge in [0.15, 0.2) is 0 Å². The van der Waals surface area contributed by atoms with E-state index < -0.39 is 0 Å². The molecular formula is C16H13FN4O. The highest BCUT2D eigenvalue weighted by atomic mass is 19.1. The summed E-state index contributed by atoms with van der Waals surface area (Å²) >= 11 is 0. The molecule has 0 saturated carbocycles. The molecule has 0 aliphatic carbocycles. The third kappa shape index (κ3) is 3.17. The fraction of sp³-hybridized carbons (Fsp3) is 0.0625. The van der Waals surface area contributed by atoms with Crippen LogP contribution < -0.4 is 5.32 Å². The summed E-state index contributed by atoms with van der Waals surface area (Å²) in [6, 6.07) is 11.2. The average Bonchev–Trinajstić information content (AvgIpc) is 3.04. The van der Waals surface area contributed by atoms with Gasteiger partial charge in [0, 0.05) is 24.5 Å². The van der Waals surface area contributed by atoms with Crippen molar-refractivity contribution < 1.29 is 9.18 Å². The predicted molar refractivity (Wildman–Crippen MR) is 79.4 cm³/mol. The molecule has 5 nitrogen and oxygen atoms in total. The highest BCUT2D eigenvalue weighted by Gasteiger charge is 2.10. The molecule has 6 heteroatoms. The van der Waals surface area contributed by atoms with Gasteiger partial charge >= 0.3 is 0 Å². The number of hydrogen-bond donors (Lipinski definition) is 2. The number of amides is 1. The zero-order valence-electron chi connectivity index (χ0n) is 11.6. The fourth-order valence-electron chi connectivity index (χ4n) is 1.98. The van der Waals surface area contributed by atoms with Crippen molar-refractivity contribution in [2.24, 2.45) is 0 Å². The van der Waals surface area contributed by atoms with E-state index in [0.29, 0.717) is 17.9 Å². The minimum Gasteiger partial charge on any atom is -0.347 e. The lowest BCUT2D eigenvalue weighted by molar-refractivity contribution is 0.0946. The summed E-state index contributed by atoms with van der Waals surface area (Å²) in [5.74, 6) is -0.563. The Morgan fingerprint density at radius 1 is 1.14 bits per heavy atom. The van der Waals surface area contributed by atoms with Crippen LogP contribution in [0.15, 0.2) is 54.9 Å². The summed E-state index contributed by atoms with van der Waals surface area (Å²) in [6.45, 7) is 0.409. The van der Waals surface area contributed by atoms with E-state index >= 15 is 0 Å². The van der Waals surface area contributed by atoms with E-state index in [0.717, 1.165) is 11.1 Å². The molecule has 110 valence electrons. The lowest BCUT2D eigenvalue weighted by atomic mass is 10.1. The van der Waals surface area contributed by atoms with Gasteiger partial charge in [-0.3, -0.25) is 14.9 Å². The highest BCUT2D eigenvalue weighted by Crippen LogP contribution is 2.17. The van der Waals surface area contributed by atoms with Crippen LogP contribution in [-0.4, -0.2) is 21.1 Å². The Morgan fingerprint density at radius 3 is 2.59 bits per heavy atom. The van der Waals surface area contributed by atoms with Crippen molar-refractivity contribution >= 4 is 5.91 Å². The van der Waals surface area contributed by atoms with Crippen molar-refractivity contribution in [2.75, 3.05) is 0 Å². The molecule has 0 fully saturated rings. The molecule has 0 aliphatic rings. The monoisotopic (exact) mass is 296 g/mol. The van der Waals surface area contributed by atoms with Crippen LogP contribution in [0.2, 0.25) is 0 Å². The SMILES string of the molecule is O=C(NCc1ccncc1)c1cc(-c2ccc(F)cc2)n[nH]1. The molecule has 0 bridgehead atoms. The Bertz CT molecular complexity index is 768. The van der Waals surface area contributed by atoms with Gasteiger partial charge < -0.3 is 5.32 Å². The third-order valence-corrected chi connectivity index (χ3v) is 3.16. The number of carbonyl (C=O) groups excluding carboxylic acids is 1. The van der Waals surface area contributed by atoms with Crippen LogP contribution in [0.3, 0.4) is 0 Å². The summed E-state index contributed by atoms with van der Waals surface area (Å²) < 4.78 is 12.9. The lowest BCUT2D eigenvalue weighted by Crippen LogP contribution is -2.23. The van der Waals surface area contributed by atoms with Crippen molar-refractivity contribution in [2.45, 2.75) is 6.54 Å². The predicted octanol–water partition coefficient (Wildman–Crippen LogP) is 2.54. The van der Waals surface area contributed by atoms with Gasteiger partial charge in [0.05, 0.1) is 5.69 Å². The maximum absolute atomic E-state index is 12.9. The standard InChI is InChI=1S/C16H13FN4O/c17-13-3-1-12(2-4-13)14-9-15(21-20-14)16(22)19-10-11-5-7-18-8-6-11/h1-9H,10H2,(H,19,22)(H,20,21). The number of nitrogens with zero attached hydrogens (tertiary/aromatic N) is 2. The number of benzene rings is 1. The van der Waals surface area contributed by atoms with Gasteiger partial charge in [0.2, 0.25) is 0 Å². The minimum absolute atomic E-state index is 0.252. The van der Waals surface area contributed by atoms with Gasteiger partial charge in [-0.15, -0.1) is 0 Å². The Hall–Kier alpha value is -3.02. The molecule has 0 saturated heterocycles. The first-order valence-electron chi connectivity index (χ1n) is 6.71. The van der Waals surface area contributed by atoms with E-state index in [2.05, 4.69) is 20.5 Å². The van der Waals surface area contributed by atoms with Crippen molar-refractivity contribution in [3.8, 4) is 11.3 Å². The molecule has 3 rings (SSSR count). The average molecular weight is 296 g/mol. The van der Waals surface area contributed by atoms with Crippen molar-refractivity contribution in [1.29, 1.82) is 0 Å². The summed E-state index contributed by atoms with van der Waals surface area (Å²) in [4.78, 5) is 16.0. The molecule has 0 radical (unpaired) electrons. The Morgan fingerprint density at radius 2 is 1.86 bits per heavy atom. The quantitative estimate of drug-likeness (QED) is 0.777. The largest absolute Gasteiger partial charge is 0.347 e. The van der Waals surface area contributed by atoms with Gasteiger partial charge in [-0.2, -0.15) is 5.10 Å². The zero-order chi connectivity index (χ0) is 15.4. The molecule has 1 amide bonds. The summed E-state index contributed by atoms with van der Waals surface area (Å²) in [6.07, 6.45) is 3.34. The summed E-state index contributed by atoms with van der Waals surface area (Å²) in [7, 11) is 0. The van der Waals surface area contributed by atoms with Crippen molar-refractivity contribution in [3.05, 3.63) is 71.9 Å². The van der Waals surface area contributed by atoms with Crippen molar-refractivity contribution in [3.63, 3.8) is 0 Å². The second-order valence-corrected chi connectivity index (χ2v) is 4.71. The number of aromatic amines is 1. The second kappa shape index (κ2) is 6.17. The molecule has 3 aromatic rings. The van der Waals surface area contributed by atoms with Gasteiger partial charge in [-0.05, 0) is 48.0 Å². The number of nitrogens with one attached hydrogen (secondary N) is 2. The first-order chi connectivity index (χ1) is 10.7. The normalized spacial score (nSPS) is 10.4. The van der Waals surface area contributed by atoms with Gasteiger partial charge in [0.1, 0.15) is 11.5 Å². The van der Waals surface area contributed by atoms with E-state index in [-0.39, 0.29) is 11.7 Å². The van der Waals surface area contributed by atoms with Gasteiger partial charge in [0.25, 0.3) is 5.91 Å². The molecule has 0 spiro atoms. The van der Waals surface area contributed by atoms with E-state index in [1.54, 1.807) is 30.6 Å². The number of pyridine rings is 1. The number of halogens is 1. The maximum Gasteiger partial charge on any atom is 0.269 e. The van der Waals surface area contributed by atoms with Crippen LogP contribution in [0.1, 0.15) is 16.1 Å². The molecule has 0 aliphatic heterocycles. The Labute approximate surface area is 126 Å². The van der Waals surface area contributed by atoms with E-state index in [4.69, 9.17) is 0 Å². The molecule has 0 atom stereocenters. The van der Waals surface area contributed by atoms with E-state index in [1.807, 2.05) is 12.1 Å². The minimum atomic E-state index is -0.311. The van der Waals surface area contributed by atoms with Crippen LogP contribution in [0.4, 0.5) is 4.39 Å². The smallest absolute Gasteiger partial charge is 0.269 e. The number of aromatic nitrogens is 3. The second-order valence-electron chi connectivity index (χ2n) is 4.71. The molecule has 22 heavy (non-hydrogen) atoms. The van der Waals surface area contributed by atoms with Crippen LogP contribution >= 0.6 is 0 Å². The van der Waals surface area contributed by atoms with Crippen LogP contribution in [0, 0.1) is 5.82 Å². The number of carbonyl (C=O) groups is 1. The van der Waals surface area contributed by atoms with Crippen molar-refractivity contribution in [1.82, 2.24) is 20.5 Å². The van der Waals surface area contributed by atoms with Crippen LogP contribution in [0.25, 0.3) is 11.3 Å². The molecule has 1 aromatic carbocycles. The fourth-order valence-corrected chi connectivity index (χ4v) is 1.98. The molecule has 2 aromatic heterocycles. The maximum atomic E-state index is 12.9.